The smallest absolute Gasteiger partial charge is 0.131 e. The summed E-state index contributed by atoms with van der Waals surface area (Å²) in [5.74, 6) is 0.491. The number of nitrogens with two attached hydrogens (primary N) is 1. The van der Waals surface area contributed by atoms with E-state index in [1.54, 1.807) is 0 Å². The Balaban J connectivity index is 1.39. The van der Waals surface area contributed by atoms with Crippen molar-refractivity contribution < 1.29 is 0 Å². The lowest BCUT2D eigenvalue weighted by Gasteiger charge is -2.20. The minimum Gasteiger partial charge on any atom is -0.383 e. The second-order valence-corrected chi connectivity index (χ2v) is 12.8. The van der Waals surface area contributed by atoms with Crippen LogP contribution in [0.2, 0.25) is 0 Å². The molecule has 0 atom stereocenters. The Morgan fingerprint density at radius 3 is 1.82 bits per heavy atom. The molecule has 0 saturated heterocycles. The van der Waals surface area contributed by atoms with Gasteiger partial charge >= 0.3 is 0 Å². The number of benzene rings is 9. The molecule has 9 aromatic carbocycles. The van der Waals surface area contributed by atoms with Crippen molar-refractivity contribution in [2.24, 2.45) is 10.7 Å². The lowest BCUT2D eigenvalue weighted by molar-refractivity contribution is 1.29. The standard InChI is InChI=1S/C48H34N2/c49-48(34-18-5-2-6-19-34)50-44(30-28-36-31-35-20-8-9-21-37(35)40-24-12-11-22-38(36)40)47-42-26-14-13-25-41(42)45(33-16-3-1-4-17-33)43-29-27-32-15-7-10-23-39(32)46(43)47/h1-27,29-31H,28H2,(H2,49,50)/b44-30-. The van der Waals surface area contributed by atoms with Crippen LogP contribution in [0.25, 0.3) is 70.7 Å². The van der Waals surface area contributed by atoms with Crippen molar-refractivity contribution in [3.05, 3.63) is 199 Å². The Morgan fingerprint density at radius 1 is 0.480 bits per heavy atom. The maximum Gasteiger partial charge on any atom is 0.131 e. The fourth-order valence-electron chi connectivity index (χ4n) is 7.64. The topological polar surface area (TPSA) is 38.4 Å². The van der Waals surface area contributed by atoms with Crippen molar-refractivity contribution in [2.45, 2.75) is 6.42 Å². The molecule has 0 saturated carbocycles. The zero-order valence-corrected chi connectivity index (χ0v) is 27.6. The molecule has 0 aliphatic heterocycles. The molecule has 2 heteroatoms. The highest BCUT2D eigenvalue weighted by Crippen LogP contribution is 2.45. The maximum absolute atomic E-state index is 6.90. The number of hydrogen-bond acceptors (Lipinski definition) is 1. The summed E-state index contributed by atoms with van der Waals surface area (Å²) in [6.07, 6.45) is 2.98. The molecule has 9 aromatic rings. The summed E-state index contributed by atoms with van der Waals surface area (Å²) in [6.45, 7) is 0. The van der Waals surface area contributed by atoms with E-state index >= 15 is 0 Å². The van der Waals surface area contributed by atoms with Crippen molar-refractivity contribution in [1.29, 1.82) is 0 Å². The minimum absolute atomic E-state index is 0.491. The molecule has 236 valence electrons. The van der Waals surface area contributed by atoms with Crippen molar-refractivity contribution in [3.8, 4) is 11.1 Å². The summed E-state index contributed by atoms with van der Waals surface area (Å²) in [6, 6.07) is 62.5. The van der Waals surface area contributed by atoms with Crippen LogP contribution in [0.3, 0.4) is 0 Å². The zero-order chi connectivity index (χ0) is 33.4. The Labute approximate surface area is 291 Å². The Kier molecular flexibility index (Phi) is 7.40. The fraction of sp³-hybridized carbons (Fsp3) is 0.0208. The summed E-state index contributed by atoms with van der Waals surface area (Å²) < 4.78 is 0. The fourth-order valence-corrected chi connectivity index (χ4v) is 7.64. The number of nitrogens with zero attached hydrogens (tertiary/aromatic N) is 1. The zero-order valence-electron chi connectivity index (χ0n) is 27.6. The summed E-state index contributed by atoms with van der Waals surface area (Å²) in [7, 11) is 0. The Morgan fingerprint density at radius 2 is 1.06 bits per heavy atom. The molecule has 0 aliphatic rings. The van der Waals surface area contributed by atoms with Crippen LogP contribution in [-0.2, 0) is 6.42 Å². The molecular formula is C48H34N2. The predicted molar refractivity (Wildman–Crippen MR) is 215 cm³/mol. The summed E-state index contributed by atoms with van der Waals surface area (Å²) in [5.41, 5.74) is 13.4. The molecule has 0 amide bonds. The Bertz CT molecular complexity index is 2780. The van der Waals surface area contributed by atoms with Gasteiger partial charge in [0.1, 0.15) is 5.84 Å². The van der Waals surface area contributed by atoms with Crippen molar-refractivity contribution in [2.75, 3.05) is 0 Å². The second-order valence-electron chi connectivity index (χ2n) is 12.8. The van der Waals surface area contributed by atoms with Gasteiger partial charge in [0.05, 0.1) is 5.70 Å². The molecule has 0 aliphatic carbocycles. The molecule has 0 bridgehead atoms. The van der Waals surface area contributed by atoms with E-state index in [0.29, 0.717) is 12.3 Å². The third-order valence-corrected chi connectivity index (χ3v) is 9.91. The van der Waals surface area contributed by atoms with Gasteiger partial charge in [0.2, 0.25) is 0 Å². The van der Waals surface area contributed by atoms with Crippen LogP contribution in [0, 0.1) is 0 Å². The number of hydrogen-bond donors (Lipinski definition) is 1. The van der Waals surface area contributed by atoms with Gasteiger partial charge in [-0.05, 0) is 71.6 Å². The van der Waals surface area contributed by atoms with Gasteiger partial charge < -0.3 is 5.73 Å². The van der Waals surface area contributed by atoms with E-state index in [-0.39, 0.29) is 0 Å². The molecule has 0 aromatic heterocycles. The van der Waals surface area contributed by atoms with E-state index in [4.69, 9.17) is 10.7 Å². The van der Waals surface area contributed by atoms with Crippen LogP contribution in [0.15, 0.2) is 187 Å². The van der Waals surface area contributed by atoms with E-state index in [1.165, 1.54) is 65.2 Å². The molecule has 0 unspecified atom stereocenters. The van der Waals surface area contributed by atoms with Crippen LogP contribution >= 0.6 is 0 Å². The van der Waals surface area contributed by atoms with Crippen molar-refractivity contribution in [1.82, 2.24) is 0 Å². The molecular weight excluding hydrogens is 605 g/mol. The van der Waals surface area contributed by atoms with Crippen LogP contribution in [0.5, 0.6) is 0 Å². The van der Waals surface area contributed by atoms with Crippen molar-refractivity contribution >= 4 is 65.4 Å². The third-order valence-electron chi connectivity index (χ3n) is 9.91. The second kappa shape index (κ2) is 12.5. The Hall–Kier alpha value is -6.51. The maximum atomic E-state index is 6.90. The molecule has 9 rings (SSSR count). The number of amidine groups is 1. The largest absolute Gasteiger partial charge is 0.383 e. The van der Waals surface area contributed by atoms with Crippen LogP contribution in [0.4, 0.5) is 0 Å². The normalized spacial score (nSPS) is 12.4. The third kappa shape index (κ3) is 5.10. The average molecular weight is 639 g/mol. The molecule has 2 nitrogen and oxygen atoms in total. The van der Waals surface area contributed by atoms with E-state index in [2.05, 4.69) is 152 Å². The summed E-state index contributed by atoms with van der Waals surface area (Å²) in [5, 5.41) is 12.1. The summed E-state index contributed by atoms with van der Waals surface area (Å²) >= 11 is 0. The average Bonchev–Trinajstić information content (AvgIpc) is 3.19. The van der Waals surface area contributed by atoms with Gasteiger partial charge in [-0.25, -0.2) is 4.99 Å². The first-order chi connectivity index (χ1) is 24.7. The van der Waals surface area contributed by atoms with Gasteiger partial charge in [0.15, 0.2) is 0 Å². The van der Waals surface area contributed by atoms with Crippen molar-refractivity contribution in [3.63, 3.8) is 0 Å². The number of fused-ring (bicyclic) bond motifs is 7. The SMILES string of the molecule is NC(=N/C(=C\Cc1cc2ccccc2c2ccccc12)c1c2ccccc2c(-c2ccccc2)c2ccc3ccccc3c12)c1ccccc1. The minimum atomic E-state index is 0.491. The predicted octanol–water partition coefficient (Wildman–Crippen LogP) is 12.1. The van der Waals surface area contributed by atoms with Crippen LogP contribution < -0.4 is 5.73 Å². The number of allylic oxidation sites excluding steroid dienone is 1. The lowest BCUT2D eigenvalue weighted by Crippen LogP contribution is -2.13. The highest BCUT2D eigenvalue weighted by atomic mass is 14.9. The lowest BCUT2D eigenvalue weighted by atomic mass is 9.85. The van der Waals surface area contributed by atoms with Crippen LogP contribution in [-0.4, -0.2) is 5.84 Å². The van der Waals surface area contributed by atoms with Crippen LogP contribution in [0.1, 0.15) is 16.7 Å². The first kappa shape index (κ1) is 29.6. The first-order valence-electron chi connectivity index (χ1n) is 17.2. The van der Waals surface area contributed by atoms with Gasteiger partial charge in [-0.3, -0.25) is 0 Å². The van der Waals surface area contributed by atoms with E-state index in [0.717, 1.165) is 22.2 Å². The van der Waals surface area contributed by atoms with Gasteiger partial charge in [-0.1, -0.05) is 182 Å². The van der Waals surface area contributed by atoms with E-state index in [9.17, 15) is 0 Å². The molecule has 0 fully saturated rings. The molecule has 0 heterocycles. The van der Waals surface area contributed by atoms with E-state index < -0.39 is 0 Å². The van der Waals surface area contributed by atoms with Gasteiger partial charge in [0, 0.05) is 16.5 Å². The quantitative estimate of drug-likeness (QED) is 0.0837. The number of rotatable bonds is 6. The molecule has 50 heavy (non-hydrogen) atoms. The van der Waals surface area contributed by atoms with Gasteiger partial charge in [-0.15, -0.1) is 0 Å². The van der Waals surface area contributed by atoms with Gasteiger partial charge in [0.25, 0.3) is 0 Å². The number of aliphatic imine (C=N–C) groups is 1. The highest BCUT2D eigenvalue weighted by Gasteiger charge is 2.20. The van der Waals surface area contributed by atoms with Gasteiger partial charge in [-0.2, -0.15) is 0 Å². The molecule has 0 spiro atoms. The molecule has 2 N–H and O–H groups in total. The molecule has 0 radical (unpaired) electrons. The monoisotopic (exact) mass is 638 g/mol. The van der Waals surface area contributed by atoms with E-state index in [1.807, 2.05) is 30.3 Å². The highest BCUT2D eigenvalue weighted by molar-refractivity contribution is 6.25. The first-order valence-corrected chi connectivity index (χ1v) is 17.2. The summed E-state index contributed by atoms with van der Waals surface area (Å²) in [4.78, 5) is 5.34.